The molecule has 3 aromatic carbocycles. The highest BCUT2D eigenvalue weighted by Crippen LogP contribution is 2.25. The lowest BCUT2D eigenvalue weighted by Gasteiger charge is -2.25. The van der Waals surface area contributed by atoms with E-state index >= 15 is 0 Å². The molecule has 7 N–H and O–H groups in total. The van der Waals surface area contributed by atoms with Crippen molar-refractivity contribution in [2.75, 3.05) is 10.6 Å². The number of nitrogens with zero attached hydrogens (tertiary/aromatic N) is 2. The van der Waals surface area contributed by atoms with Crippen LogP contribution in [-0.4, -0.2) is 144 Å². The van der Waals surface area contributed by atoms with Gasteiger partial charge in [-0.1, -0.05) is 100 Å². The Hall–Kier alpha value is -10.6. The van der Waals surface area contributed by atoms with Gasteiger partial charge in [0.05, 0.1) is 47.9 Å². The van der Waals surface area contributed by atoms with Gasteiger partial charge in [0.1, 0.15) is 34.8 Å². The number of ether oxygens (including phenoxy) is 6. The minimum atomic E-state index is -1.03. The molecule has 1 fully saturated rings. The first-order chi connectivity index (χ1) is 51.5. The summed E-state index contributed by atoms with van der Waals surface area (Å²) in [6.07, 6.45) is -3.29. The summed E-state index contributed by atoms with van der Waals surface area (Å²) in [5, 5.41) is 42.3. The summed E-state index contributed by atoms with van der Waals surface area (Å²) >= 11 is 0. The van der Waals surface area contributed by atoms with Gasteiger partial charge in [0.25, 0.3) is 17.5 Å². The Bertz CT molecular complexity index is 3620. The van der Waals surface area contributed by atoms with Gasteiger partial charge in [0, 0.05) is 76.6 Å². The van der Waals surface area contributed by atoms with Crippen molar-refractivity contribution in [2.24, 2.45) is 47.3 Å². The molecule has 7 atom stereocenters. The Labute approximate surface area is 657 Å². The molecule has 113 heavy (non-hydrogen) atoms. The zero-order chi connectivity index (χ0) is 86.7. The van der Waals surface area contributed by atoms with Gasteiger partial charge < -0.3 is 70.1 Å². The number of carbonyl (C=O) groups is 14. The molecule has 0 radical (unpaired) electrons. The fourth-order valence-corrected chi connectivity index (χ4v) is 9.50. The number of hydrogen-bond acceptors (Lipinski definition) is 24. The predicted molar refractivity (Wildman–Crippen MR) is 409 cm³/mol. The van der Waals surface area contributed by atoms with Crippen LogP contribution in [0.4, 0.5) is 50.1 Å². The number of Topliss-reactive ketones (excluding diaryl/α,β-unsaturated/α-hetero) is 3. The van der Waals surface area contributed by atoms with Crippen molar-refractivity contribution in [3.05, 3.63) is 94.0 Å². The summed E-state index contributed by atoms with van der Waals surface area (Å²) < 4.78 is 46.8. The van der Waals surface area contributed by atoms with Crippen LogP contribution >= 0.6 is 0 Å². The maximum absolute atomic E-state index is 12.9. The molecule has 7 amide bonds. The summed E-state index contributed by atoms with van der Waals surface area (Å²) in [4.78, 5) is 183. The molecule has 4 rings (SSSR count). The first-order valence-electron chi connectivity index (χ1n) is 36.2. The maximum atomic E-state index is 12.9. The number of carbonyl (C=O) groups excluding carboxylic acids is 13. The molecule has 3 aromatic rings. The van der Waals surface area contributed by atoms with Crippen molar-refractivity contribution in [3.63, 3.8) is 0 Å². The number of aliphatic hydroxyl groups excluding tert-OH is 1. The number of hydrogen-bond donors (Lipinski definition) is 7. The zero-order valence-corrected chi connectivity index (χ0v) is 68.8. The SMILES string of the molecule is CC(C)[C@H](CC(=O)OC(C)(C)C)C(=O)ON1C(=O)CCC1=O.CC(C)[C@H](NC(=O)OC(C)(C)C)C(=O)C[C@@H](C)C(=O)Nc1ccc(CO)cc1.CC(C)[C@H](NC(=O)OC(C)(C)C)C(=O)C[C@@H](C)C(=O)Nc1ccc(COC(=O)Oc2ccc([N+](=O)[O-])cc2)cc1.CC(C)[C@H](NC(=O)OC(C)(C)C)C(=O)C[C@@H](C)C(=O)O.F.FF. The van der Waals surface area contributed by atoms with E-state index in [-0.39, 0.29) is 121 Å². The minimum absolute atomic E-state index is 0. The smallest absolute Gasteiger partial charge is 0.481 e. The molecule has 1 heterocycles. The Morgan fingerprint density at radius 2 is 0.832 bits per heavy atom. The van der Waals surface area contributed by atoms with Crippen LogP contribution in [0.5, 0.6) is 5.75 Å². The maximum Gasteiger partial charge on any atom is 0.514 e. The van der Waals surface area contributed by atoms with Crippen molar-refractivity contribution in [1.29, 1.82) is 0 Å². The molecule has 634 valence electrons. The third-order valence-electron chi connectivity index (χ3n) is 15.2. The Morgan fingerprint density at radius 1 is 0.496 bits per heavy atom. The number of benzene rings is 3. The van der Waals surface area contributed by atoms with Gasteiger partial charge >= 0.3 is 42.3 Å². The molecule has 0 aliphatic carbocycles. The molecule has 32 nitrogen and oxygen atoms in total. The van der Waals surface area contributed by atoms with Crippen molar-refractivity contribution in [3.8, 4) is 5.75 Å². The number of aliphatic hydroxyl groups is 1. The number of ketones is 3. The number of nitrogens with one attached hydrogen (secondary N) is 5. The number of alkyl carbamates (subject to hydrolysis) is 3. The Kier molecular flexibility index (Phi) is 45.3. The Morgan fingerprint density at radius 3 is 1.13 bits per heavy atom. The highest BCUT2D eigenvalue weighted by molar-refractivity contribution is 6.02. The quantitative estimate of drug-likeness (QED) is 0.00814. The van der Waals surface area contributed by atoms with Crippen molar-refractivity contribution in [2.45, 2.75) is 252 Å². The number of non-ortho nitro benzene ring substituents is 1. The molecule has 1 aliphatic heterocycles. The largest absolute Gasteiger partial charge is 0.514 e. The molecular weight excluding hydrogens is 1490 g/mol. The monoisotopic (exact) mass is 1610 g/mol. The van der Waals surface area contributed by atoms with Gasteiger partial charge in [-0.3, -0.25) is 58.0 Å². The van der Waals surface area contributed by atoms with Crippen LogP contribution in [0.25, 0.3) is 0 Å². The highest BCUT2D eigenvalue weighted by Gasteiger charge is 2.38. The number of hydroxylamine groups is 2. The number of carboxylic acids is 1. The van der Waals surface area contributed by atoms with Crippen LogP contribution in [0.3, 0.4) is 0 Å². The van der Waals surface area contributed by atoms with Crippen LogP contribution in [0, 0.1) is 57.5 Å². The second kappa shape index (κ2) is 49.0. The highest BCUT2D eigenvalue weighted by atomic mass is 20.0. The van der Waals surface area contributed by atoms with E-state index in [0.29, 0.717) is 22.0 Å². The fourth-order valence-electron chi connectivity index (χ4n) is 9.50. The number of esters is 1. The second-order valence-electron chi connectivity index (χ2n) is 31.7. The summed E-state index contributed by atoms with van der Waals surface area (Å²) in [6, 6.07) is 16.0. The van der Waals surface area contributed by atoms with Gasteiger partial charge in [-0.15, -0.1) is 5.06 Å². The number of amides is 7. The molecule has 35 heteroatoms. The molecule has 0 aromatic heterocycles. The average molecular weight is 1610 g/mol. The second-order valence-corrected chi connectivity index (χ2v) is 31.7. The predicted octanol–water partition coefficient (Wildman–Crippen LogP) is 13.5. The van der Waals surface area contributed by atoms with Crippen LogP contribution in [-0.2, 0) is 89.7 Å². The van der Waals surface area contributed by atoms with Gasteiger partial charge in [-0.05, 0) is 154 Å². The van der Waals surface area contributed by atoms with Gasteiger partial charge in [0.2, 0.25) is 11.8 Å². The van der Waals surface area contributed by atoms with Gasteiger partial charge in [-0.25, -0.2) is 24.0 Å². The number of rotatable bonds is 30. The lowest BCUT2D eigenvalue weighted by atomic mass is 9.92. The fraction of sp³-hybridized carbons (Fsp3) is 0.590. The number of halogens is 3. The van der Waals surface area contributed by atoms with Crippen LogP contribution in [0.15, 0.2) is 72.8 Å². The zero-order valence-electron chi connectivity index (χ0n) is 68.8. The molecule has 0 spiro atoms. The molecule has 0 bridgehead atoms. The molecule has 1 aliphatic rings. The molecule has 0 unspecified atom stereocenters. The molecule has 1 saturated heterocycles. The number of carboxylic acid groups (broad SMARTS) is 1. The topological polar surface area (TPSA) is 451 Å². The summed E-state index contributed by atoms with van der Waals surface area (Å²) in [6.45, 7) is 39.7. The molecule has 0 saturated carbocycles. The first-order valence-corrected chi connectivity index (χ1v) is 36.2. The van der Waals surface area contributed by atoms with E-state index in [9.17, 15) is 77.2 Å². The standard InChI is InChI=1S/C28H35N3O9.C21H32N2O5.C15H23NO6.C14H25NO5.F2.FH/c1-17(2)24(30-26(34)40-28(4,5)6)23(32)15-18(3)25(33)29-20-9-7-19(8-10-20)16-38-27(35)39-22-13-11-21(12-14-22)31(36)37;1-13(2)18(23-20(27)28-21(4,5)6)17(25)11-14(3)19(26)22-16-9-7-15(12-24)8-10-16;1-9(2)10(8-13(19)21-15(3,4)5)14(20)22-16-11(17)6-7-12(16)18;1-8(2)11(10(16)7-9(3)12(17)18)15-13(19)20-14(4,5)6;1-2;/h7-14,17-18,24H,15-16H2,1-6H3,(H,29,33)(H,30,34);7-10,13-14,18,24H,11-12H2,1-6H3,(H,22,26)(H,23,27);9-10H,6-8H2,1-5H3;8-9,11H,7H2,1-6H3,(H,15,19)(H,17,18);;1H/t18-,24+;14-,18+;10-;9-,11+;;/m1101../s1. The number of nitro benzene ring substituents is 1. The lowest BCUT2D eigenvalue weighted by Crippen LogP contribution is -2.47. The number of aliphatic carboxylic acids is 1. The van der Waals surface area contributed by atoms with Crippen LogP contribution in [0.1, 0.15) is 209 Å². The number of imide groups is 1. The van der Waals surface area contributed by atoms with E-state index in [1.54, 1.807) is 187 Å². The Balaban J connectivity index is 0. The van der Waals surface area contributed by atoms with E-state index in [1.807, 2.05) is 13.8 Å². The lowest BCUT2D eigenvalue weighted by molar-refractivity contribution is -0.384. The third-order valence-corrected chi connectivity index (χ3v) is 15.2. The van der Waals surface area contributed by atoms with E-state index < -0.39 is 123 Å². The third kappa shape index (κ3) is 43.7. The van der Waals surface area contributed by atoms with E-state index in [2.05, 4.69) is 26.6 Å². The van der Waals surface area contributed by atoms with Crippen LogP contribution in [0.2, 0.25) is 0 Å². The van der Waals surface area contributed by atoms with E-state index in [4.69, 9.17) is 52.6 Å². The summed E-state index contributed by atoms with van der Waals surface area (Å²) in [5.74, 6) is -8.24. The van der Waals surface area contributed by atoms with Crippen LogP contribution < -0.4 is 31.3 Å². The van der Waals surface area contributed by atoms with E-state index in [0.717, 1.165) is 5.56 Å². The minimum Gasteiger partial charge on any atom is -0.481 e. The number of anilines is 2. The van der Waals surface area contributed by atoms with Gasteiger partial charge in [-0.2, -0.15) is 0 Å². The van der Waals surface area contributed by atoms with E-state index in [1.165, 1.54) is 31.2 Å². The number of nitro groups is 1. The summed E-state index contributed by atoms with van der Waals surface area (Å²) in [7, 11) is 0. The van der Waals surface area contributed by atoms with Crippen molar-refractivity contribution < 1.29 is 129 Å². The normalized spacial score (nSPS) is 13.7. The van der Waals surface area contributed by atoms with Crippen molar-refractivity contribution in [1.82, 2.24) is 21.0 Å². The molecular formula is C78H116F3N7O25. The average Bonchev–Trinajstić information content (AvgIpc) is 1.79. The van der Waals surface area contributed by atoms with Crippen molar-refractivity contribution >= 4 is 100 Å². The van der Waals surface area contributed by atoms with Gasteiger partial charge in [0.15, 0.2) is 17.3 Å². The first kappa shape index (κ1) is 104. The summed E-state index contributed by atoms with van der Waals surface area (Å²) in [5.41, 5.74) is -0.363.